The predicted octanol–water partition coefficient (Wildman–Crippen LogP) is -5.58. The number of Topliss-reactive ketones (excluding diaryl/α,β-unsaturated/α-hetero) is 1. The molecule has 0 spiro atoms. The fourth-order valence-corrected chi connectivity index (χ4v) is 0. The van der Waals surface area contributed by atoms with Gasteiger partial charge in [0.25, 0.3) is 0 Å². The molecular weight excluding hydrogens is 234 g/mol. The molecule has 0 saturated heterocycles. The number of ketones is 1. The zero-order valence-electron chi connectivity index (χ0n) is 5.94. The number of carbonyl (C=O) groups excluding carboxylic acids is 1. The molecule has 60 valence electrons. The summed E-state index contributed by atoms with van der Waals surface area (Å²) >= 11 is -3.54. The SMILES string of the molecule is CC(=O)C(=O)O.O=[Se]([O-])O.[Na+]. The van der Waals surface area contributed by atoms with Crippen LogP contribution in [0.3, 0.4) is 0 Å². The first kappa shape index (κ1) is 17.5. The first-order valence-electron chi connectivity index (χ1n) is 1.90. The average molecular weight is 239 g/mol. The van der Waals surface area contributed by atoms with Gasteiger partial charge in [-0.3, -0.25) is 4.79 Å². The molecule has 0 amide bonds. The predicted molar refractivity (Wildman–Crippen MR) is 27.0 cm³/mol. The van der Waals surface area contributed by atoms with Crippen LogP contribution in [0.15, 0.2) is 0 Å². The summed E-state index contributed by atoms with van der Waals surface area (Å²) in [5, 5.41) is 7.64. The summed E-state index contributed by atoms with van der Waals surface area (Å²) < 4.78 is 24.4. The number of aliphatic carboxylic acids is 1. The second-order valence-corrected chi connectivity index (χ2v) is 1.99. The molecule has 0 fully saturated rings. The maximum absolute atomic E-state index is 9.54. The summed E-state index contributed by atoms with van der Waals surface area (Å²) in [6.45, 7) is 1.00. The van der Waals surface area contributed by atoms with E-state index >= 15 is 0 Å². The molecule has 0 aromatic carbocycles. The number of hydrogen-bond acceptors (Lipinski definition) is 4. The quantitative estimate of drug-likeness (QED) is 0.348. The van der Waals surface area contributed by atoms with E-state index in [0.717, 1.165) is 6.92 Å². The summed E-state index contributed by atoms with van der Waals surface area (Å²) in [6.07, 6.45) is 0. The van der Waals surface area contributed by atoms with Crippen molar-refractivity contribution in [1.82, 2.24) is 0 Å². The van der Waals surface area contributed by atoms with Crippen molar-refractivity contribution in [2.45, 2.75) is 6.92 Å². The third kappa shape index (κ3) is 38.0. The van der Waals surface area contributed by atoms with Gasteiger partial charge in [-0.15, -0.1) is 0 Å². The van der Waals surface area contributed by atoms with E-state index in [0.29, 0.717) is 0 Å². The summed E-state index contributed by atoms with van der Waals surface area (Å²) in [5.74, 6) is -2.20. The van der Waals surface area contributed by atoms with E-state index in [1.165, 1.54) is 0 Å². The van der Waals surface area contributed by atoms with Crippen molar-refractivity contribution in [2.24, 2.45) is 0 Å². The van der Waals surface area contributed by atoms with Crippen LogP contribution < -0.4 is 33.7 Å². The Morgan fingerprint density at radius 3 is 1.55 bits per heavy atom. The molecular formula is C3H5NaO6Se. The maximum atomic E-state index is 9.54. The van der Waals surface area contributed by atoms with Crippen LogP contribution in [-0.2, 0) is 13.4 Å². The fraction of sp³-hybridized carbons (Fsp3) is 0.333. The fourth-order valence-electron chi connectivity index (χ4n) is 0. The molecule has 1 unspecified atom stereocenters. The van der Waals surface area contributed by atoms with Crippen molar-refractivity contribution in [2.75, 3.05) is 0 Å². The van der Waals surface area contributed by atoms with Gasteiger partial charge in [0, 0.05) is 6.92 Å². The Balaban J connectivity index is -0.000000114. The molecule has 8 heteroatoms. The Morgan fingerprint density at radius 2 is 1.55 bits per heavy atom. The minimum absolute atomic E-state index is 0. The Morgan fingerprint density at radius 1 is 1.45 bits per heavy atom. The molecule has 0 rings (SSSR count). The molecule has 11 heavy (non-hydrogen) atoms. The normalized spacial score (nSPS) is 9.73. The van der Waals surface area contributed by atoms with E-state index in [2.05, 4.69) is 0 Å². The van der Waals surface area contributed by atoms with Crippen molar-refractivity contribution in [3.05, 3.63) is 0 Å². The van der Waals surface area contributed by atoms with Gasteiger partial charge in [0.15, 0.2) is 0 Å². The van der Waals surface area contributed by atoms with Gasteiger partial charge in [0.2, 0.25) is 5.78 Å². The first-order chi connectivity index (χ1) is 4.37. The molecule has 0 bridgehead atoms. The van der Waals surface area contributed by atoms with Crippen LogP contribution in [-0.4, -0.2) is 35.5 Å². The summed E-state index contributed by atoms with van der Waals surface area (Å²) in [4.78, 5) is 18.9. The largest absolute Gasteiger partial charge is 1.00 e. The maximum Gasteiger partial charge on any atom is 1.00 e. The van der Waals surface area contributed by atoms with Gasteiger partial charge >= 0.3 is 62.2 Å². The summed E-state index contributed by atoms with van der Waals surface area (Å²) in [5.41, 5.74) is 0. The second-order valence-electron chi connectivity index (χ2n) is 1.08. The molecule has 0 aliphatic heterocycles. The number of carboxylic acids is 1. The van der Waals surface area contributed by atoms with Crippen molar-refractivity contribution >= 4 is 26.2 Å². The molecule has 2 N–H and O–H groups in total. The van der Waals surface area contributed by atoms with E-state index in [-0.39, 0.29) is 29.6 Å². The van der Waals surface area contributed by atoms with Crippen LogP contribution in [0.5, 0.6) is 0 Å². The van der Waals surface area contributed by atoms with Gasteiger partial charge < -0.3 is 5.11 Å². The van der Waals surface area contributed by atoms with Gasteiger partial charge in [-0.1, -0.05) is 0 Å². The molecule has 0 radical (unpaired) electrons. The molecule has 1 atom stereocenters. The number of carboxylic acid groups (broad SMARTS) is 1. The van der Waals surface area contributed by atoms with Crippen molar-refractivity contribution in [3.63, 3.8) is 0 Å². The third-order valence-corrected chi connectivity index (χ3v) is 0.301. The van der Waals surface area contributed by atoms with Crippen LogP contribution in [0.25, 0.3) is 0 Å². The van der Waals surface area contributed by atoms with Crippen LogP contribution in [0.4, 0.5) is 0 Å². The van der Waals surface area contributed by atoms with Crippen molar-refractivity contribution in [3.8, 4) is 0 Å². The molecule has 0 aliphatic carbocycles. The van der Waals surface area contributed by atoms with Crippen molar-refractivity contribution in [1.29, 1.82) is 0 Å². The van der Waals surface area contributed by atoms with E-state index in [1.807, 2.05) is 0 Å². The van der Waals surface area contributed by atoms with E-state index < -0.39 is 26.2 Å². The Bertz CT molecular complexity index is 140. The van der Waals surface area contributed by atoms with Crippen LogP contribution in [0.1, 0.15) is 6.92 Å². The monoisotopic (exact) mass is 240 g/mol. The van der Waals surface area contributed by atoms with Gasteiger partial charge in [0.1, 0.15) is 0 Å². The molecule has 0 heterocycles. The van der Waals surface area contributed by atoms with E-state index in [4.69, 9.17) is 17.3 Å². The van der Waals surface area contributed by atoms with Crippen LogP contribution in [0, 0.1) is 0 Å². The number of rotatable bonds is 1. The zero-order valence-corrected chi connectivity index (χ0v) is 9.65. The summed E-state index contributed by atoms with van der Waals surface area (Å²) in [7, 11) is 0. The first-order valence-corrected chi connectivity index (χ1v) is 4.06. The summed E-state index contributed by atoms with van der Waals surface area (Å²) in [6, 6.07) is 0. The second kappa shape index (κ2) is 10.4. The number of carbonyl (C=O) groups is 2. The molecule has 0 aromatic heterocycles. The number of hydrogen-bond donors (Lipinski definition) is 2. The molecule has 6 nitrogen and oxygen atoms in total. The Kier molecular flexibility index (Phi) is 16.5. The van der Waals surface area contributed by atoms with E-state index in [9.17, 15) is 9.59 Å². The molecule has 0 saturated carbocycles. The topological polar surface area (TPSA) is 115 Å². The van der Waals surface area contributed by atoms with Crippen LogP contribution >= 0.6 is 0 Å². The van der Waals surface area contributed by atoms with E-state index in [1.54, 1.807) is 0 Å². The van der Waals surface area contributed by atoms with Gasteiger partial charge in [-0.2, -0.15) is 0 Å². The standard InChI is InChI=1S/C3H4O3.Na.H2O3Se/c1-2(4)3(5)6;;1-4(2)3/h1H3,(H,5,6);;(H2,1,2,3)/q;+1;/p-1. The smallest absolute Gasteiger partial charge is 1.00 e. The van der Waals surface area contributed by atoms with Gasteiger partial charge in [0.05, 0.1) is 0 Å². The minimum Gasteiger partial charge on any atom is 1.00 e. The van der Waals surface area contributed by atoms with Gasteiger partial charge in [-0.05, 0) is 0 Å². The van der Waals surface area contributed by atoms with Crippen molar-refractivity contribution < 1.29 is 56.5 Å². The molecule has 0 aromatic rings. The Labute approximate surface area is 89.2 Å². The Hall–Kier alpha value is 0.379. The minimum atomic E-state index is -3.54. The van der Waals surface area contributed by atoms with Gasteiger partial charge in [-0.25, -0.2) is 4.79 Å². The average Bonchev–Trinajstić information content (AvgIpc) is 1.63. The van der Waals surface area contributed by atoms with Crippen LogP contribution in [0.2, 0.25) is 0 Å². The zero-order chi connectivity index (χ0) is 8.73. The third-order valence-electron chi connectivity index (χ3n) is 0.301. The molecule has 0 aliphatic rings.